The molecule has 0 heterocycles. The van der Waals surface area contributed by atoms with Gasteiger partial charge < -0.3 is 9.47 Å². The highest BCUT2D eigenvalue weighted by Crippen LogP contribution is 2.50. The van der Waals surface area contributed by atoms with Crippen molar-refractivity contribution in [2.75, 3.05) is 0 Å². The Kier molecular flexibility index (Phi) is 10.9. The van der Waals surface area contributed by atoms with E-state index in [1.165, 1.54) is 0 Å². The zero-order chi connectivity index (χ0) is 21.5. The molecule has 2 unspecified atom stereocenters. The number of hydrogen-bond acceptors (Lipinski definition) is 2. The summed E-state index contributed by atoms with van der Waals surface area (Å²) in [5, 5.41) is 0. The summed E-state index contributed by atoms with van der Waals surface area (Å²) in [7, 11) is 0. The van der Waals surface area contributed by atoms with Gasteiger partial charge in [-0.2, -0.15) is 0 Å². The maximum atomic E-state index is 6.23. The molecule has 12 heteroatoms. The van der Waals surface area contributed by atoms with Crippen molar-refractivity contribution in [3.05, 3.63) is 44.7 Å². The zero-order valence-corrected chi connectivity index (χ0v) is 29.6. The first-order chi connectivity index (χ1) is 12.9. The Bertz CT molecular complexity index is 797. The lowest BCUT2D eigenvalue weighted by atomic mass is 10.2. The average molecular weight is 1030 g/mol. The molecule has 0 N–H and O–H groups in total. The Balaban J connectivity index is 2.33. The lowest BCUT2D eigenvalue weighted by Crippen LogP contribution is -2.31. The fraction of sp³-hybridized carbons (Fsp3) is 0.250. The molecule has 0 spiro atoms. The van der Waals surface area contributed by atoms with Gasteiger partial charge in [0.15, 0.2) is 11.5 Å². The van der Waals surface area contributed by atoms with Crippen molar-refractivity contribution in [2.45, 2.75) is 26.1 Å². The number of halogens is 10. The van der Waals surface area contributed by atoms with Gasteiger partial charge in [0.25, 0.3) is 0 Å². The van der Waals surface area contributed by atoms with Crippen molar-refractivity contribution in [1.29, 1.82) is 0 Å². The maximum absolute atomic E-state index is 6.23. The Morgan fingerprint density at radius 2 is 0.571 bits per heavy atom. The fourth-order valence-electron chi connectivity index (χ4n) is 1.94. The van der Waals surface area contributed by atoms with Gasteiger partial charge in [-0.25, -0.2) is 0 Å². The first kappa shape index (κ1) is 27.1. The van der Waals surface area contributed by atoms with Crippen molar-refractivity contribution in [1.82, 2.24) is 0 Å². The van der Waals surface area contributed by atoms with E-state index in [0.29, 0.717) is 11.5 Å². The smallest absolute Gasteiger partial charge is 0.150 e. The van der Waals surface area contributed by atoms with Crippen molar-refractivity contribution >= 4 is 159 Å². The molecule has 0 aliphatic heterocycles. The lowest BCUT2D eigenvalue weighted by molar-refractivity contribution is 0.0755. The molecule has 0 amide bonds. The summed E-state index contributed by atoms with van der Waals surface area (Å²) in [5.41, 5.74) is 0. The zero-order valence-electron chi connectivity index (χ0n) is 13.8. The highest BCUT2D eigenvalue weighted by atomic mass is 79.9. The SMILES string of the molecule is CC(Oc1c(Br)c(Br)c(Br)c(Br)c1Br)C(C)Oc1c(Br)c(Br)c(Br)c(Br)c1Br. The van der Waals surface area contributed by atoms with Crippen LogP contribution in [0.15, 0.2) is 44.7 Å². The second kappa shape index (κ2) is 11.3. The van der Waals surface area contributed by atoms with Crippen LogP contribution in [0.4, 0.5) is 0 Å². The van der Waals surface area contributed by atoms with Gasteiger partial charge in [-0.1, -0.05) is 0 Å². The van der Waals surface area contributed by atoms with E-state index in [2.05, 4.69) is 159 Å². The normalized spacial score (nSPS) is 13.4. The highest BCUT2D eigenvalue weighted by Gasteiger charge is 2.26. The minimum Gasteiger partial charge on any atom is -0.484 e. The Morgan fingerprint density at radius 1 is 0.393 bits per heavy atom. The molecule has 0 bridgehead atoms. The van der Waals surface area contributed by atoms with Crippen molar-refractivity contribution in [3.63, 3.8) is 0 Å². The number of ether oxygens (including phenoxy) is 2. The summed E-state index contributed by atoms with van der Waals surface area (Å²) in [6.45, 7) is 3.91. The van der Waals surface area contributed by atoms with Gasteiger partial charge in [-0.3, -0.25) is 0 Å². The first-order valence-electron chi connectivity index (χ1n) is 7.26. The van der Waals surface area contributed by atoms with Gasteiger partial charge >= 0.3 is 0 Å². The van der Waals surface area contributed by atoms with E-state index >= 15 is 0 Å². The maximum Gasteiger partial charge on any atom is 0.150 e. The van der Waals surface area contributed by atoms with Crippen LogP contribution < -0.4 is 9.47 Å². The van der Waals surface area contributed by atoms with Crippen molar-refractivity contribution in [2.24, 2.45) is 0 Å². The molecule has 0 saturated heterocycles. The second-order valence-corrected chi connectivity index (χ2v) is 13.4. The molecule has 0 fully saturated rings. The van der Waals surface area contributed by atoms with Crippen LogP contribution >= 0.6 is 159 Å². The van der Waals surface area contributed by atoms with Crippen LogP contribution in [0, 0.1) is 0 Å². The summed E-state index contributed by atoms with van der Waals surface area (Å²) in [5.74, 6) is 1.34. The first-order valence-corrected chi connectivity index (χ1v) is 15.2. The van der Waals surface area contributed by atoms with E-state index in [-0.39, 0.29) is 12.2 Å². The minimum atomic E-state index is -0.257. The predicted molar refractivity (Wildman–Crippen MR) is 150 cm³/mol. The van der Waals surface area contributed by atoms with Crippen molar-refractivity contribution in [3.8, 4) is 11.5 Å². The molecule has 2 nitrogen and oxygen atoms in total. The lowest BCUT2D eigenvalue weighted by Gasteiger charge is -2.26. The highest BCUT2D eigenvalue weighted by molar-refractivity contribution is 9.16. The van der Waals surface area contributed by atoms with Gasteiger partial charge in [0.2, 0.25) is 0 Å². The van der Waals surface area contributed by atoms with Crippen LogP contribution in [-0.2, 0) is 0 Å². The number of rotatable bonds is 5. The molecular formula is C16H8Br10O2. The van der Waals surface area contributed by atoms with Crippen LogP contribution in [0.1, 0.15) is 13.8 Å². The van der Waals surface area contributed by atoms with Gasteiger partial charge in [-0.15, -0.1) is 0 Å². The topological polar surface area (TPSA) is 18.5 Å². The monoisotopic (exact) mass is 1020 g/mol. The summed E-state index contributed by atoms with van der Waals surface area (Å²) < 4.78 is 20.8. The molecule has 0 aliphatic carbocycles. The van der Waals surface area contributed by atoms with Crippen LogP contribution in [0.3, 0.4) is 0 Å². The molecule has 0 radical (unpaired) electrons. The van der Waals surface area contributed by atoms with Crippen LogP contribution in [0.5, 0.6) is 11.5 Å². The average Bonchev–Trinajstić information content (AvgIpc) is 2.67. The van der Waals surface area contributed by atoms with E-state index in [9.17, 15) is 0 Å². The summed E-state index contributed by atoms with van der Waals surface area (Å²) in [6.07, 6.45) is -0.514. The Labute approximate surface area is 247 Å². The Hall–Kier alpha value is 2.84. The predicted octanol–water partition coefficient (Wildman–Crippen LogP) is 11.5. The van der Waals surface area contributed by atoms with Gasteiger partial charge in [0.1, 0.15) is 12.2 Å². The molecule has 2 atom stereocenters. The third-order valence-electron chi connectivity index (χ3n) is 3.61. The quantitative estimate of drug-likeness (QED) is 0.219. The molecule has 0 saturated carbocycles. The van der Waals surface area contributed by atoms with Crippen LogP contribution in [-0.4, -0.2) is 12.2 Å². The van der Waals surface area contributed by atoms with Gasteiger partial charge in [0, 0.05) is 8.95 Å². The number of benzene rings is 2. The van der Waals surface area contributed by atoms with E-state index in [4.69, 9.17) is 9.47 Å². The summed E-state index contributed by atoms with van der Waals surface area (Å²) in [6, 6.07) is 0. The third kappa shape index (κ3) is 5.66. The van der Waals surface area contributed by atoms with E-state index in [1.807, 2.05) is 13.8 Å². The van der Waals surface area contributed by atoms with Crippen LogP contribution in [0.2, 0.25) is 0 Å². The molecule has 0 aliphatic rings. The molecule has 0 aromatic heterocycles. The summed E-state index contributed by atoms with van der Waals surface area (Å²) in [4.78, 5) is 0. The molecule has 28 heavy (non-hydrogen) atoms. The molecule has 2 aromatic carbocycles. The van der Waals surface area contributed by atoms with E-state index in [0.717, 1.165) is 44.7 Å². The Morgan fingerprint density at radius 3 is 0.786 bits per heavy atom. The minimum absolute atomic E-state index is 0.257. The molecule has 154 valence electrons. The van der Waals surface area contributed by atoms with Gasteiger partial charge in [0.05, 0.1) is 35.8 Å². The second-order valence-electron chi connectivity index (χ2n) is 5.44. The summed E-state index contributed by atoms with van der Waals surface area (Å²) >= 11 is 35.6. The molecule has 2 rings (SSSR count). The van der Waals surface area contributed by atoms with E-state index < -0.39 is 0 Å². The standard InChI is InChI=1S/C16H8Br10O2/c1-3(27-15-11(23)7(19)5(17)8(20)12(15)24)4(2)28-16-13(25)9(21)6(18)10(22)14(16)26/h3-4H,1-2H3. The van der Waals surface area contributed by atoms with Crippen molar-refractivity contribution < 1.29 is 9.47 Å². The van der Waals surface area contributed by atoms with Crippen LogP contribution in [0.25, 0.3) is 0 Å². The number of hydrogen-bond donors (Lipinski definition) is 0. The third-order valence-corrected chi connectivity index (χ3v) is 15.6. The molecular weight excluding hydrogens is 1020 g/mol. The van der Waals surface area contributed by atoms with Gasteiger partial charge in [-0.05, 0) is 173 Å². The largest absolute Gasteiger partial charge is 0.484 e. The molecule has 2 aromatic rings. The fourth-order valence-corrected chi connectivity index (χ4v) is 8.33. The van der Waals surface area contributed by atoms with E-state index in [1.54, 1.807) is 0 Å².